The second-order valence-electron chi connectivity index (χ2n) is 6.56. The Balaban J connectivity index is 2.16. The number of rotatable bonds is 7. The zero-order valence-electron chi connectivity index (χ0n) is 17.6. The molecular weight excluding hydrogens is 420 g/mol. The molecule has 0 fully saturated rings. The lowest BCUT2D eigenvalue weighted by Gasteiger charge is -2.09. The first-order chi connectivity index (χ1) is 14.9. The van der Waals surface area contributed by atoms with Gasteiger partial charge in [0.1, 0.15) is 21.7 Å². The van der Waals surface area contributed by atoms with Crippen LogP contribution in [0, 0.1) is 0 Å². The van der Waals surface area contributed by atoms with E-state index in [9.17, 15) is 14.4 Å². The van der Waals surface area contributed by atoms with Crippen molar-refractivity contribution >= 4 is 39.2 Å². The molecule has 162 valence electrons. The maximum atomic E-state index is 12.8. The zero-order chi connectivity index (χ0) is 22.5. The van der Waals surface area contributed by atoms with Crippen molar-refractivity contribution in [3.63, 3.8) is 0 Å². The number of Topliss-reactive ketones (excluding diaryl/α,β-unsaturated/α-hetero) is 1. The second kappa shape index (κ2) is 9.57. The van der Waals surface area contributed by atoms with Crippen LogP contribution >= 0.6 is 11.3 Å². The molecule has 0 unspecified atom stereocenters. The number of carbonyl (C=O) groups excluding carboxylic acids is 3. The third-order valence-electron chi connectivity index (χ3n) is 4.70. The van der Waals surface area contributed by atoms with E-state index in [0.717, 1.165) is 4.70 Å². The van der Waals surface area contributed by atoms with Gasteiger partial charge in [0, 0.05) is 17.7 Å². The van der Waals surface area contributed by atoms with Gasteiger partial charge in [-0.05, 0) is 31.2 Å². The number of aryl methyl sites for hydroxylation is 1. The van der Waals surface area contributed by atoms with Gasteiger partial charge in [0.15, 0.2) is 10.6 Å². The molecule has 0 aliphatic heterocycles. The Labute approximate surface area is 182 Å². The highest BCUT2D eigenvalue weighted by Crippen LogP contribution is 2.35. The standard InChI is InChI=1S/C22H22N2O6S/c1-13(25)14-5-7-15(8-6-14)21(27)23-22-24(12-11-18(26)30-4)19-16(28-2)9-10-17(29-3)20(19)31-22/h5-10H,11-12H2,1-4H3. The fourth-order valence-corrected chi connectivity index (χ4v) is 4.21. The third-order valence-corrected chi connectivity index (χ3v) is 5.79. The van der Waals surface area contributed by atoms with Crippen molar-refractivity contribution in [3.8, 4) is 11.5 Å². The second-order valence-corrected chi connectivity index (χ2v) is 7.54. The fourth-order valence-electron chi connectivity index (χ4n) is 3.05. The molecule has 0 saturated carbocycles. The largest absolute Gasteiger partial charge is 0.495 e. The number of amides is 1. The lowest BCUT2D eigenvalue weighted by atomic mass is 10.1. The molecule has 9 heteroatoms. The molecule has 0 atom stereocenters. The summed E-state index contributed by atoms with van der Waals surface area (Å²) in [4.78, 5) is 40.7. The monoisotopic (exact) mass is 442 g/mol. The maximum absolute atomic E-state index is 12.8. The predicted molar refractivity (Wildman–Crippen MR) is 116 cm³/mol. The highest BCUT2D eigenvalue weighted by atomic mass is 32.1. The van der Waals surface area contributed by atoms with E-state index in [2.05, 4.69) is 4.99 Å². The Hall–Kier alpha value is -3.46. The summed E-state index contributed by atoms with van der Waals surface area (Å²) >= 11 is 1.26. The van der Waals surface area contributed by atoms with Gasteiger partial charge in [-0.2, -0.15) is 4.99 Å². The molecule has 8 nitrogen and oxygen atoms in total. The number of ketones is 1. The Morgan fingerprint density at radius 1 is 0.935 bits per heavy atom. The summed E-state index contributed by atoms with van der Waals surface area (Å²) in [7, 11) is 4.42. The van der Waals surface area contributed by atoms with Crippen molar-refractivity contribution in [2.45, 2.75) is 19.9 Å². The third kappa shape index (κ3) is 4.66. The Bertz CT molecular complexity index is 1210. The lowest BCUT2D eigenvalue weighted by Crippen LogP contribution is -2.19. The van der Waals surface area contributed by atoms with Crippen LogP contribution in [-0.2, 0) is 16.1 Å². The number of hydrogen-bond acceptors (Lipinski definition) is 7. The van der Waals surface area contributed by atoms with Gasteiger partial charge in [0.2, 0.25) is 0 Å². The van der Waals surface area contributed by atoms with Crippen molar-refractivity contribution in [2.24, 2.45) is 4.99 Å². The highest BCUT2D eigenvalue weighted by molar-refractivity contribution is 7.16. The van der Waals surface area contributed by atoms with Gasteiger partial charge in [-0.25, -0.2) is 0 Å². The van der Waals surface area contributed by atoms with Crippen LogP contribution in [0.15, 0.2) is 41.4 Å². The quantitative estimate of drug-likeness (QED) is 0.412. The first-order valence-electron chi connectivity index (χ1n) is 9.40. The van der Waals surface area contributed by atoms with Crippen LogP contribution in [0.3, 0.4) is 0 Å². The number of hydrogen-bond donors (Lipinski definition) is 0. The van der Waals surface area contributed by atoms with Crippen molar-refractivity contribution < 1.29 is 28.6 Å². The molecule has 0 N–H and O–H groups in total. The summed E-state index contributed by atoms with van der Waals surface area (Å²) in [6, 6.07) is 9.84. The lowest BCUT2D eigenvalue weighted by molar-refractivity contribution is -0.140. The Kier molecular flexibility index (Phi) is 6.86. The molecule has 31 heavy (non-hydrogen) atoms. The topological polar surface area (TPSA) is 96.2 Å². The summed E-state index contributed by atoms with van der Waals surface area (Å²) in [6.45, 7) is 1.70. The average molecular weight is 442 g/mol. The van der Waals surface area contributed by atoms with Crippen LogP contribution in [0.1, 0.15) is 34.1 Å². The van der Waals surface area contributed by atoms with E-state index in [1.807, 2.05) is 0 Å². The molecule has 0 aliphatic carbocycles. The molecule has 3 rings (SSSR count). The minimum absolute atomic E-state index is 0.0831. The van der Waals surface area contributed by atoms with E-state index < -0.39 is 5.91 Å². The minimum atomic E-state index is -0.466. The van der Waals surface area contributed by atoms with Crippen molar-refractivity contribution in [1.29, 1.82) is 0 Å². The van der Waals surface area contributed by atoms with Gasteiger partial charge >= 0.3 is 5.97 Å². The smallest absolute Gasteiger partial charge is 0.307 e. The number of fused-ring (bicyclic) bond motifs is 1. The van der Waals surface area contributed by atoms with Crippen LogP contribution in [0.4, 0.5) is 0 Å². The number of ether oxygens (including phenoxy) is 3. The van der Waals surface area contributed by atoms with Crippen LogP contribution < -0.4 is 14.3 Å². The van der Waals surface area contributed by atoms with Crippen LogP contribution in [0.25, 0.3) is 10.2 Å². The summed E-state index contributed by atoms with van der Waals surface area (Å²) in [5, 5.41) is 0. The number of aromatic nitrogens is 1. The van der Waals surface area contributed by atoms with E-state index in [0.29, 0.717) is 32.9 Å². The van der Waals surface area contributed by atoms with E-state index in [1.165, 1.54) is 25.4 Å². The van der Waals surface area contributed by atoms with Crippen LogP contribution in [-0.4, -0.2) is 43.6 Å². The molecule has 1 amide bonds. The number of carbonyl (C=O) groups is 3. The van der Waals surface area contributed by atoms with Gasteiger partial charge in [0.05, 0.1) is 27.8 Å². The highest BCUT2D eigenvalue weighted by Gasteiger charge is 2.18. The van der Waals surface area contributed by atoms with Crippen LogP contribution in [0.5, 0.6) is 11.5 Å². The van der Waals surface area contributed by atoms with E-state index in [1.54, 1.807) is 55.2 Å². The summed E-state index contributed by atoms with van der Waals surface area (Å²) in [6.07, 6.45) is 0.0946. The van der Waals surface area contributed by atoms with E-state index >= 15 is 0 Å². The molecule has 1 aromatic heterocycles. The number of esters is 1. The zero-order valence-corrected chi connectivity index (χ0v) is 18.4. The molecule has 2 aromatic carbocycles. The first kappa shape index (κ1) is 22.2. The first-order valence-corrected chi connectivity index (χ1v) is 10.2. The fraction of sp³-hybridized carbons (Fsp3) is 0.273. The number of nitrogens with zero attached hydrogens (tertiary/aromatic N) is 2. The molecule has 0 bridgehead atoms. The van der Waals surface area contributed by atoms with Gasteiger partial charge < -0.3 is 18.8 Å². The van der Waals surface area contributed by atoms with Crippen molar-refractivity contribution in [1.82, 2.24) is 4.57 Å². The molecule has 0 saturated heterocycles. The number of methoxy groups -OCH3 is 3. The van der Waals surface area contributed by atoms with Gasteiger partial charge in [-0.1, -0.05) is 23.5 Å². The van der Waals surface area contributed by atoms with E-state index in [-0.39, 0.29) is 24.7 Å². The number of benzene rings is 2. The molecule has 1 heterocycles. The molecule has 0 aliphatic rings. The molecule has 0 radical (unpaired) electrons. The van der Waals surface area contributed by atoms with Crippen molar-refractivity contribution in [3.05, 3.63) is 52.3 Å². The van der Waals surface area contributed by atoms with Gasteiger partial charge in [0.25, 0.3) is 5.91 Å². The van der Waals surface area contributed by atoms with E-state index in [4.69, 9.17) is 14.2 Å². The van der Waals surface area contributed by atoms with Gasteiger partial charge in [-0.3, -0.25) is 14.4 Å². The normalized spacial score (nSPS) is 11.4. The molecular formula is C22H22N2O6S. The molecule has 0 spiro atoms. The van der Waals surface area contributed by atoms with Crippen molar-refractivity contribution in [2.75, 3.05) is 21.3 Å². The Morgan fingerprint density at radius 2 is 1.55 bits per heavy atom. The average Bonchev–Trinajstić information content (AvgIpc) is 3.14. The Morgan fingerprint density at radius 3 is 2.13 bits per heavy atom. The number of thiazole rings is 1. The summed E-state index contributed by atoms with van der Waals surface area (Å²) in [5.41, 5.74) is 1.54. The van der Waals surface area contributed by atoms with Crippen LogP contribution in [0.2, 0.25) is 0 Å². The molecule has 3 aromatic rings. The SMILES string of the molecule is COC(=O)CCn1c(=NC(=O)c2ccc(C(C)=O)cc2)sc2c(OC)ccc(OC)c21. The summed E-state index contributed by atoms with van der Waals surface area (Å²) in [5.74, 6) is 0.237. The predicted octanol–water partition coefficient (Wildman–Crippen LogP) is 3.23. The maximum Gasteiger partial charge on any atom is 0.307 e. The van der Waals surface area contributed by atoms with Gasteiger partial charge in [-0.15, -0.1) is 0 Å². The summed E-state index contributed by atoms with van der Waals surface area (Å²) < 4.78 is 18.2. The minimum Gasteiger partial charge on any atom is -0.495 e.